The molecule has 18 heavy (non-hydrogen) atoms. The molecule has 1 aromatic rings. The first-order valence-corrected chi connectivity index (χ1v) is 8.35. The minimum atomic E-state index is 0.414. The minimum Gasteiger partial charge on any atom is -0.381 e. The summed E-state index contributed by atoms with van der Waals surface area (Å²) in [6.07, 6.45) is 2.32. The highest BCUT2D eigenvalue weighted by Gasteiger charge is 2.27. The molecule has 1 aliphatic heterocycles. The predicted molar refractivity (Wildman–Crippen MR) is 86.8 cm³/mol. The lowest BCUT2D eigenvalue weighted by Crippen LogP contribution is -2.30. The molecule has 4 heteroatoms. The van der Waals surface area contributed by atoms with Crippen molar-refractivity contribution in [3.8, 4) is 0 Å². The van der Waals surface area contributed by atoms with Crippen LogP contribution in [-0.2, 0) is 4.74 Å². The molecule has 2 nitrogen and oxygen atoms in total. The van der Waals surface area contributed by atoms with E-state index in [9.17, 15) is 0 Å². The zero-order valence-corrected chi connectivity index (χ0v) is 14.3. The van der Waals surface area contributed by atoms with Crippen LogP contribution in [0.15, 0.2) is 22.7 Å². The van der Waals surface area contributed by atoms with Gasteiger partial charge in [0.2, 0.25) is 0 Å². The van der Waals surface area contributed by atoms with Crippen LogP contribution in [0.4, 0.5) is 0 Å². The summed E-state index contributed by atoms with van der Waals surface area (Å²) in [5.41, 5.74) is 1.40. The van der Waals surface area contributed by atoms with Gasteiger partial charge >= 0.3 is 0 Å². The summed E-state index contributed by atoms with van der Waals surface area (Å²) in [5.74, 6) is 0.597. The Morgan fingerprint density at radius 2 is 2.39 bits per heavy atom. The van der Waals surface area contributed by atoms with Gasteiger partial charge in [-0.15, -0.1) is 0 Å². The molecule has 0 radical (unpaired) electrons. The smallest absolute Gasteiger partial charge is 0.0513 e. The lowest BCUT2D eigenvalue weighted by Gasteiger charge is -2.25. The van der Waals surface area contributed by atoms with E-state index in [0.717, 1.165) is 37.1 Å². The molecule has 2 unspecified atom stereocenters. The molecule has 1 heterocycles. The van der Waals surface area contributed by atoms with Crippen molar-refractivity contribution in [2.75, 3.05) is 19.8 Å². The zero-order chi connectivity index (χ0) is 13.0. The van der Waals surface area contributed by atoms with Crippen molar-refractivity contribution in [2.45, 2.75) is 25.8 Å². The Balaban J connectivity index is 2.23. The third kappa shape index (κ3) is 3.68. The Morgan fingerprint density at radius 3 is 3.06 bits per heavy atom. The molecule has 2 rings (SSSR count). The number of hydrogen-bond acceptors (Lipinski definition) is 2. The average molecular weight is 424 g/mol. The van der Waals surface area contributed by atoms with Gasteiger partial charge in [0, 0.05) is 26.6 Å². The van der Waals surface area contributed by atoms with Crippen LogP contribution in [0.25, 0.3) is 0 Å². The van der Waals surface area contributed by atoms with Crippen molar-refractivity contribution in [1.29, 1.82) is 0 Å². The second-order valence-corrected chi connectivity index (χ2v) is 6.80. The van der Waals surface area contributed by atoms with Gasteiger partial charge < -0.3 is 10.1 Å². The molecule has 0 aromatic heterocycles. The number of ether oxygens (including phenoxy) is 1. The maximum Gasteiger partial charge on any atom is 0.0513 e. The number of rotatable bonds is 5. The maximum atomic E-state index is 5.56. The van der Waals surface area contributed by atoms with Gasteiger partial charge in [-0.25, -0.2) is 0 Å². The van der Waals surface area contributed by atoms with E-state index >= 15 is 0 Å². The van der Waals surface area contributed by atoms with Crippen molar-refractivity contribution in [1.82, 2.24) is 5.32 Å². The third-order valence-corrected chi connectivity index (χ3v) is 4.82. The summed E-state index contributed by atoms with van der Waals surface area (Å²) in [6, 6.07) is 6.94. The summed E-state index contributed by atoms with van der Waals surface area (Å²) in [7, 11) is 0. The summed E-state index contributed by atoms with van der Waals surface area (Å²) in [6.45, 7) is 5.05. The highest BCUT2D eigenvalue weighted by molar-refractivity contribution is 14.1. The van der Waals surface area contributed by atoms with E-state index in [1.807, 2.05) is 0 Å². The lowest BCUT2D eigenvalue weighted by atomic mass is 9.92. The largest absolute Gasteiger partial charge is 0.381 e. The monoisotopic (exact) mass is 423 g/mol. The molecule has 0 aliphatic carbocycles. The van der Waals surface area contributed by atoms with E-state index in [0.29, 0.717) is 12.0 Å². The Morgan fingerprint density at radius 1 is 1.56 bits per heavy atom. The Kier molecular flexibility index (Phi) is 5.92. The van der Waals surface area contributed by atoms with Gasteiger partial charge in [0.05, 0.1) is 6.61 Å². The van der Waals surface area contributed by atoms with Gasteiger partial charge in [-0.3, -0.25) is 0 Å². The van der Waals surface area contributed by atoms with E-state index in [4.69, 9.17) is 4.74 Å². The van der Waals surface area contributed by atoms with Crippen LogP contribution in [-0.4, -0.2) is 19.8 Å². The van der Waals surface area contributed by atoms with Crippen LogP contribution >= 0.6 is 38.5 Å². The first-order valence-electron chi connectivity index (χ1n) is 6.48. The van der Waals surface area contributed by atoms with Gasteiger partial charge in [-0.1, -0.05) is 22.9 Å². The zero-order valence-electron chi connectivity index (χ0n) is 10.6. The molecule has 1 aromatic carbocycles. The number of benzene rings is 1. The maximum absolute atomic E-state index is 5.56. The van der Waals surface area contributed by atoms with Crippen molar-refractivity contribution in [3.05, 3.63) is 31.8 Å². The molecule has 100 valence electrons. The van der Waals surface area contributed by atoms with Crippen molar-refractivity contribution in [3.63, 3.8) is 0 Å². The fourth-order valence-corrected chi connectivity index (χ4v) is 3.45. The number of halogens is 2. The average Bonchev–Trinajstić information content (AvgIpc) is 2.88. The molecule has 1 aliphatic rings. The van der Waals surface area contributed by atoms with Gasteiger partial charge in [0.15, 0.2) is 0 Å². The Hall–Kier alpha value is 0.350. The minimum absolute atomic E-state index is 0.414. The molecule has 2 atom stereocenters. The van der Waals surface area contributed by atoms with E-state index in [2.05, 4.69) is 69.0 Å². The second-order valence-electron chi connectivity index (χ2n) is 4.72. The van der Waals surface area contributed by atoms with Gasteiger partial charge in [-0.05, 0) is 65.7 Å². The van der Waals surface area contributed by atoms with E-state index in [-0.39, 0.29) is 0 Å². The normalized spacial score (nSPS) is 21.2. The summed E-state index contributed by atoms with van der Waals surface area (Å²) in [4.78, 5) is 0. The van der Waals surface area contributed by atoms with Crippen LogP contribution < -0.4 is 5.32 Å². The summed E-state index contributed by atoms with van der Waals surface area (Å²) in [5, 5.41) is 3.69. The SMILES string of the molecule is CCCNC(c1cc(Br)ccc1I)C1CCOC1. The molecular formula is C14H19BrINO. The standard InChI is InChI=1S/C14H19BrINO/c1-2-6-17-14(10-5-7-18-9-10)12-8-11(15)3-4-13(12)16/h3-4,8,10,14,17H,2,5-7,9H2,1H3. The summed E-state index contributed by atoms with van der Waals surface area (Å²) >= 11 is 6.01. The van der Waals surface area contributed by atoms with Gasteiger partial charge in [0.1, 0.15) is 0 Å². The van der Waals surface area contributed by atoms with Crippen molar-refractivity contribution >= 4 is 38.5 Å². The van der Waals surface area contributed by atoms with Crippen molar-refractivity contribution in [2.24, 2.45) is 5.92 Å². The number of nitrogens with one attached hydrogen (secondary N) is 1. The molecule has 0 spiro atoms. The van der Waals surface area contributed by atoms with E-state index < -0.39 is 0 Å². The fourth-order valence-electron chi connectivity index (χ4n) is 2.40. The van der Waals surface area contributed by atoms with Crippen LogP contribution in [0.5, 0.6) is 0 Å². The first-order chi connectivity index (χ1) is 8.72. The predicted octanol–water partition coefficient (Wildman–Crippen LogP) is 4.13. The molecule has 0 bridgehead atoms. The van der Waals surface area contributed by atoms with Crippen molar-refractivity contribution < 1.29 is 4.74 Å². The number of hydrogen-bond donors (Lipinski definition) is 1. The highest BCUT2D eigenvalue weighted by atomic mass is 127. The van der Waals surface area contributed by atoms with Gasteiger partial charge in [-0.2, -0.15) is 0 Å². The highest BCUT2D eigenvalue weighted by Crippen LogP contribution is 2.33. The molecular weight excluding hydrogens is 405 g/mol. The Labute approximate surface area is 131 Å². The molecule has 1 N–H and O–H groups in total. The Bertz CT molecular complexity index is 393. The van der Waals surface area contributed by atoms with Gasteiger partial charge in [0.25, 0.3) is 0 Å². The van der Waals surface area contributed by atoms with Crippen LogP contribution in [0.3, 0.4) is 0 Å². The molecule has 1 saturated heterocycles. The quantitative estimate of drug-likeness (QED) is 0.719. The molecule has 1 fully saturated rings. The van der Waals surface area contributed by atoms with Crippen LogP contribution in [0.2, 0.25) is 0 Å². The van der Waals surface area contributed by atoms with Crippen LogP contribution in [0, 0.1) is 9.49 Å². The third-order valence-electron chi connectivity index (χ3n) is 3.34. The van der Waals surface area contributed by atoms with Crippen LogP contribution in [0.1, 0.15) is 31.4 Å². The van der Waals surface area contributed by atoms with E-state index in [1.54, 1.807) is 0 Å². The fraction of sp³-hybridized carbons (Fsp3) is 0.571. The molecule has 0 amide bonds. The second kappa shape index (κ2) is 7.22. The van der Waals surface area contributed by atoms with E-state index in [1.165, 1.54) is 9.13 Å². The molecule has 0 saturated carbocycles. The lowest BCUT2D eigenvalue weighted by molar-refractivity contribution is 0.176. The first kappa shape index (κ1) is 14.8. The topological polar surface area (TPSA) is 21.3 Å². The summed E-state index contributed by atoms with van der Waals surface area (Å²) < 4.78 is 8.04.